The van der Waals surface area contributed by atoms with Crippen molar-refractivity contribution in [1.29, 1.82) is 0 Å². The summed E-state index contributed by atoms with van der Waals surface area (Å²) in [5, 5.41) is 15.9. The number of aromatic nitrogens is 1. The fourth-order valence-corrected chi connectivity index (χ4v) is 3.62. The largest absolute Gasteiger partial charge is 0.480 e. The molecule has 0 spiro atoms. The van der Waals surface area contributed by atoms with Crippen molar-refractivity contribution in [2.24, 2.45) is 28.1 Å². The molecular weight excluding hydrogens is 438 g/mol. The van der Waals surface area contributed by atoms with E-state index in [1.165, 1.54) is 0 Å². The molecule has 11 nitrogen and oxygen atoms in total. The van der Waals surface area contributed by atoms with Gasteiger partial charge in [0.25, 0.3) is 0 Å². The van der Waals surface area contributed by atoms with Crippen LogP contribution in [0.2, 0.25) is 0 Å². The lowest BCUT2D eigenvalue weighted by molar-refractivity contribution is -0.142. The number of carboxylic acids is 1. The molecule has 2 aromatic rings. The summed E-state index contributed by atoms with van der Waals surface area (Å²) in [6.45, 7) is 4.15. The Hall–Kier alpha value is -3.60. The summed E-state index contributed by atoms with van der Waals surface area (Å²) in [7, 11) is 0. The molecule has 3 atom stereocenters. The van der Waals surface area contributed by atoms with Gasteiger partial charge in [-0.2, -0.15) is 0 Å². The van der Waals surface area contributed by atoms with E-state index in [2.05, 4.69) is 20.6 Å². The molecule has 0 aliphatic heterocycles. The van der Waals surface area contributed by atoms with Gasteiger partial charge in [-0.3, -0.25) is 14.6 Å². The number of carboxylic acid groups (broad SMARTS) is 1. The lowest BCUT2D eigenvalue weighted by Crippen LogP contribution is -2.55. The number of rotatable bonds is 13. The van der Waals surface area contributed by atoms with E-state index in [-0.39, 0.29) is 18.3 Å². The fourth-order valence-electron chi connectivity index (χ4n) is 3.62. The van der Waals surface area contributed by atoms with Gasteiger partial charge in [0.2, 0.25) is 11.8 Å². The molecule has 1 aromatic heterocycles. The standard InChI is InChI=1S/C23H35N7O4/c1-13(2)10-18(29-20(31)16(24)7-5-9-27-23(25)26)21(32)30-19(22(33)34)11-14-12-28-17-8-4-3-6-15(14)17/h3-4,6,8,12-13,16,18-19,28H,5,7,9-11,24H2,1-2H3,(H,29,31)(H,30,32)(H,33,34)(H4,25,26,27). The highest BCUT2D eigenvalue weighted by Crippen LogP contribution is 2.19. The number of aromatic amines is 1. The van der Waals surface area contributed by atoms with E-state index < -0.39 is 35.9 Å². The second-order valence-corrected chi connectivity index (χ2v) is 8.71. The number of carbonyl (C=O) groups excluding carboxylic acids is 2. The van der Waals surface area contributed by atoms with Gasteiger partial charge in [0.15, 0.2) is 5.96 Å². The topological polar surface area (TPSA) is 202 Å². The van der Waals surface area contributed by atoms with E-state index in [4.69, 9.17) is 17.2 Å². The molecule has 1 aromatic carbocycles. The molecule has 11 heteroatoms. The number of nitrogens with one attached hydrogen (secondary N) is 3. The van der Waals surface area contributed by atoms with Gasteiger partial charge < -0.3 is 37.9 Å². The molecular formula is C23H35N7O4. The lowest BCUT2D eigenvalue weighted by atomic mass is 10.0. The Morgan fingerprint density at radius 1 is 1.09 bits per heavy atom. The second-order valence-electron chi connectivity index (χ2n) is 8.71. The minimum atomic E-state index is -1.16. The molecule has 1 heterocycles. The Bertz CT molecular complexity index is 1010. The number of nitrogens with two attached hydrogens (primary N) is 3. The SMILES string of the molecule is CC(C)CC(NC(=O)C(N)CCCN=C(N)N)C(=O)NC(Cc1c[nH]c2ccccc12)C(=O)O. The highest BCUT2D eigenvalue weighted by atomic mass is 16.4. The second kappa shape index (κ2) is 12.6. The number of amides is 2. The third-order valence-corrected chi connectivity index (χ3v) is 5.36. The van der Waals surface area contributed by atoms with Crippen molar-refractivity contribution in [1.82, 2.24) is 15.6 Å². The Labute approximate surface area is 198 Å². The minimum absolute atomic E-state index is 0.0349. The number of carbonyl (C=O) groups is 3. The van der Waals surface area contributed by atoms with Crippen molar-refractivity contribution in [3.8, 4) is 0 Å². The normalized spacial score (nSPS) is 13.8. The Morgan fingerprint density at radius 2 is 1.76 bits per heavy atom. The van der Waals surface area contributed by atoms with Crippen molar-refractivity contribution in [2.45, 2.75) is 57.7 Å². The first-order chi connectivity index (χ1) is 16.1. The van der Waals surface area contributed by atoms with Crippen molar-refractivity contribution < 1.29 is 19.5 Å². The number of guanidine groups is 1. The van der Waals surface area contributed by atoms with Crippen LogP contribution >= 0.6 is 0 Å². The molecule has 3 unspecified atom stereocenters. The van der Waals surface area contributed by atoms with Crippen molar-refractivity contribution in [3.63, 3.8) is 0 Å². The maximum absolute atomic E-state index is 13.0. The van der Waals surface area contributed by atoms with Gasteiger partial charge in [-0.1, -0.05) is 32.0 Å². The van der Waals surface area contributed by atoms with Gasteiger partial charge in [0.1, 0.15) is 12.1 Å². The third-order valence-electron chi connectivity index (χ3n) is 5.36. The molecule has 2 rings (SSSR count). The number of aliphatic carboxylic acids is 1. The fraction of sp³-hybridized carbons (Fsp3) is 0.478. The van der Waals surface area contributed by atoms with Crippen LogP contribution in [0.5, 0.6) is 0 Å². The number of aliphatic imine (C=N–C) groups is 1. The summed E-state index contributed by atoms with van der Waals surface area (Å²) < 4.78 is 0. The summed E-state index contributed by atoms with van der Waals surface area (Å²) in [6.07, 6.45) is 2.99. The van der Waals surface area contributed by atoms with Crippen LogP contribution in [-0.4, -0.2) is 58.5 Å². The molecule has 0 aliphatic rings. The average Bonchev–Trinajstić information content (AvgIpc) is 3.17. The molecule has 186 valence electrons. The summed E-state index contributed by atoms with van der Waals surface area (Å²) >= 11 is 0. The Kier molecular flexibility index (Phi) is 9.87. The molecule has 10 N–H and O–H groups in total. The summed E-state index contributed by atoms with van der Waals surface area (Å²) in [5.41, 5.74) is 18.2. The van der Waals surface area contributed by atoms with Crippen molar-refractivity contribution in [3.05, 3.63) is 36.0 Å². The molecule has 0 bridgehead atoms. The Morgan fingerprint density at radius 3 is 2.41 bits per heavy atom. The smallest absolute Gasteiger partial charge is 0.326 e. The van der Waals surface area contributed by atoms with Gasteiger partial charge in [-0.25, -0.2) is 4.79 Å². The van der Waals surface area contributed by atoms with E-state index in [1.807, 2.05) is 38.1 Å². The maximum atomic E-state index is 13.0. The number of para-hydroxylation sites is 1. The van der Waals surface area contributed by atoms with Gasteiger partial charge in [-0.15, -0.1) is 0 Å². The van der Waals surface area contributed by atoms with E-state index in [0.29, 0.717) is 25.8 Å². The number of benzene rings is 1. The molecule has 0 radical (unpaired) electrons. The predicted octanol–water partition coefficient (Wildman–Crippen LogP) is 0.192. The zero-order chi connectivity index (χ0) is 25.3. The van der Waals surface area contributed by atoms with Crippen molar-refractivity contribution >= 4 is 34.6 Å². The van der Waals surface area contributed by atoms with E-state index in [9.17, 15) is 19.5 Å². The number of nitrogens with zero attached hydrogens (tertiary/aromatic N) is 1. The number of hydrogen-bond donors (Lipinski definition) is 7. The van der Waals surface area contributed by atoms with Crippen LogP contribution in [0.25, 0.3) is 10.9 Å². The molecule has 0 saturated heterocycles. The molecule has 0 aliphatic carbocycles. The quantitative estimate of drug-likeness (QED) is 0.122. The number of fused-ring (bicyclic) bond motifs is 1. The third kappa shape index (κ3) is 8.07. The van der Waals surface area contributed by atoms with E-state index >= 15 is 0 Å². The molecule has 0 fully saturated rings. The Balaban J connectivity index is 2.04. The van der Waals surface area contributed by atoms with Gasteiger partial charge >= 0.3 is 5.97 Å². The first-order valence-corrected chi connectivity index (χ1v) is 11.3. The zero-order valence-corrected chi connectivity index (χ0v) is 19.6. The lowest BCUT2D eigenvalue weighted by Gasteiger charge is -2.24. The van der Waals surface area contributed by atoms with Crippen LogP contribution in [0.1, 0.15) is 38.7 Å². The van der Waals surface area contributed by atoms with Crippen LogP contribution in [0, 0.1) is 5.92 Å². The van der Waals surface area contributed by atoms with Gasteiger partial charge in [0.05, 0.1) is 6.04 Å². The summed E-state index contributed by atoms with van der Waals surface area (Å²) in [4.78, 5) is 44.4. The molecule has 2 amide bonds. The van der Waals surface area contributed by atoms with Gasteiger partial charge in [-0.05, 0) is 36.8 Å². The summed E-state index contributed by atoms with van der Waals surface area (Å²) in [6, 6.07) is 4.60. The van der Waals surface area contributed by atoms with Crippen LogP contribution < -0.4 is 27.8 Å². The van der Waals surface area contributed by atoms with Crippen LogP contribution in [0.4, 0.5) is 0 Å². The zero-order valence-electron chi connectivity index (χ0n) is 19.6. The number of H-pyrrole nitrogens is 1. The number of hydrogen-bond acceptors (Lipinski definition) is 5. The van der Waals surface area contributed by atoms with Crippen LogP contribution in [-0.2, 0) is 20.8 Å². The van der Waals surface area contributed by atoms with E-state index in [1.54, 1.807) is 6.20 Å². The highest BCUT2D eigenvalue weighted by Gasteiger charge is 2.29. The van der Waals surface area contributed by atoms with Crippen LogP contribution in [0.15, 0.2) is 35.5 Å². The maximum Gasteiger partial charge on any atom is 0.326 e. The minimum Gasteiger partial charge on any atom is -0.480 e. The average molecular weight is 474 g/mol. The molecule has 34 heavy (non-hydrogen) atoms. The van der Waals surface area contributed by atoms with E-state index in [0.717, 1.165) is 16.5 Å². The first-order valence-electron chi connectivity index (χ1n) is 11.3. The first kappa shape index (κ1) is 26.7. The highest BCUT2D eigenvalue weighted by molar-refractivity contribution is 5.92. The van der Waals surface area contributed by atoms with Crippen LogP contribution in [0.3, 0.4) is 0 Å². The van der Waals surface area contributed by atoms with Gasteiger partial charge in [0, 0.05) is 30.1 Å². The summed E-state index contributed by atoms with van der Waals surface area (Å²) in [5.74, 6) is -2.18. The predicted molar refractivity (Wildman–Crippen MR) is 131 cm³/mol. The van der Waals surface area contributed by atoms with Crippen molar-refractivity contribution in [2.75, 3.05) is 6.54 Å². The molecule has 0 saturated carbocycles. The monoisotopic (exact) mass is 473 g/mol.